The van der Waals surface area contributed by atoms with Crippen LogP contribution in [0.15, 0.2) is 123 Å². The first-order valence-corrected chi connectivity index (χ1v) is 16.4. The van der Waals surface area contributed by atoms with Gasteiger partial charge in [0, 0.05) is 28.2 Å². The number of furan rings is 1. The van der Waals surface area contributed by atoms with E-state index in [0.29, 0.717) is 27.5 Å². The minimum absolute atomic E-state index is 0.0194. The van der Waals surface area contributed by atoms with Crippen molar-refractivity contribution in [3.05, 3.63) is 125 Å². The van der Waals surface area contributed by atoms with Gasteiger partial charge in [-0.15, -0.1) is 0 Å². The quantitative estimate of drug-likeness (QED) is 0.192. The number of para-hydroxylation sites is 3. The lowest BCUT2D eigenvalue weighted by Crippen LogP contribution is -2.48. The first kappa shape index (κ1) is 25.5. The molecule has 4 aliphatic rings. The van der Waals surface area contributed by atoms with Gasteiger partial charge in [0.15, 0.2) is 5.58 Å². The summed E-state index contributed by atoms with van der Waals surface area (Å²) in [6.45, 7) is 0. The summed E-state index contributed by atoms with van der Waals surface area (Å²) in [5, 5.41) is 3.13. The van der Waals surface area contributed by atoms with Gasteiger partial charge in [-0.1, -0.05) is 54.6 Å². The molecule has 4 saturated carbocycles. The van der Waals surface area contributed by atoms with Crippen LogP contribution in [0.5, 0.6) is 0 Å². The van der Waals surface area contributed by atoms with E-state index in [1.165, 1.54) is 44.1 Å². The van der Waals surface area contributed by atoms with Crippen molar-refractivity contribution in [2.75, 3.05) is 4.90 Å². The number of fused-ring (bicyclic) bond motifs is 5. The van der Waals surface area contributed by atoms with Gasteiger partial charge in [0.2, 0.25) is 5.43 Å². The molecule has 5 aromatic carbocycles. The fourth-order valence-corrected chi connectivity index (χ4v) is 9.68. The SMILES string of the molecule is O=c1c2ccc(C34CC5CC(CC(C5)C3)C4)cc2oc2cc3oc4c(N(c5ccccc5)c5ccccc5)cccc4c3cc12. The van der Waals surface area contributed by atoms with Crippen molar-refractivity contribution in [1.82, 2.24) is 0 Å². The van der Waals surface area contributed by atoms with Gasteiger partial charge >= 0.3 is 0 Å². The average Bonchev–Trinajstić information content (AvgIpc) is 3.43. The Morgan fingerprint density at radius 1 is 0.556 bits per heavy atom. The van der Waals surface area contributed by atoms with Crippen LogP contribution in [-0.2, 0) is 5.41 Å². The Balaban J connectivity index is 1.15. The number of anilines is 3. The Labute approximate surface area is 260 Å². The lowest BCUT2D eigenvalue weighted by molar-refractivity contribution is -0.00516. The number of hydrogen-bond donors (Lipinski definition) is 0. The van der Waals surface area contributed by atoms with Crippen LogP contribution < -0.4 is 10.3 Å². The predicted molar refractivity (Wildman–Crippen MR) is 182 cm³/mol. The summed E-state index contributed by atoms with van der Waals surface area (Å²) in [6.07, 6.45) is 8.09. The van der Waals surface area contributed by atoms with Crippen molar-refractivity contribution in [3.8, 4) is 0 Å². The highest BCUT2D eigenvalue weighted by Gasteiger charge is 2.51. The smallest absolute Gasteiger partial charge is 0.200 e. The highest BCUT2D eigenvalue weighted by atomic mass is 16.3. The maximum Gasteiger partial charge on any atom is 0.200 e. The van der Waals surface area contributed by atoms with Gasteiger partial charge in [0.25, 0.3) is 0 Å². The van der Waals surface area contributed by atoms with Crippen molar-refractivity contribution < 1.29 is 8.83 Å². The molecule has 45 heavy (non-hydrogen) atoms. The first-order chi connectivity index (χ1) is 22.1. The molecule has 2 aromatic heterocycles. The molecule has 0 radical (unpaired) electrons. The van der Waals surface area contributed by atoms with Gasteiger partial charge in [-0.2, -0.15) is 0 Å². The average molecular weight is 588 g/mol. The molecule has 0 atom stereocenters. The van der Waals surface area contributed by atoms with Crippen molar-refractivity contribution in [1.29, 1.82) is 0 Å². The standard InChI is InChI=1S/C41H33NO3/c43-39-32-15-14-28(41-22-25-16-26(23-41)18-27(17-25)24-41)19-36(32)44-38-21-37-33(20-34(38)39)31-12-7-13-35(40(31)45-37)42(29-8-3-1-4-9-29)30-10-5-2-6-11-30/h1-15,19-21,25-27H,16-18,22-24H2. The third-order valence-corrected chi connectivity index (χ3v) is 11.2. The van der Waals surface area contributed by atoms with E-state index in [9.17, 15) is 4.79 Å². The molecule has 4 bridgehead atoms. The molecule has 0 saturated heterocycles. The van der Waals surface area contributed by atoms with Gasteiger partial charge in [0.05, 0.1) is 16.5 Å². The second kappa shape index (κ2) is 9.34. The number of benzene rings is 5. The zero-order valence-electron chi connectivity index (χ0n) is 25.0. The van der Waals surface area contributed by atoms with Crippen LogP contribution in [0.4, 0.5) is 17.1 Å². The van der Waals surface area contributed by atoms with Crippen molar-refractivity contribution in [3.63, 3.8) is 0 Å². The molecule has 0 unspecified atom stereocenters. The Hall–Kier alpha value is -4.83. The first-order valence-electron chi connectivity index (χ1n) is 16.4. The summed E-state index contributed by atoms with van der Waals surface area (Å²) in [4.78, 5) is 16.2. The molecule has 0 N–H and O–H groups in total. The van der Waals surface area contributed by atoms with E-state index >= 15 is 0 Å². The Kier molecular flexibility index (Phi) is 5.29. The highest BCUT2D eigenvalue weighted by molar-refractivity contribution is 6.13. The summed E-state index contributed by atoms with van der Waals surface area (Å²) in [6, 6.07) is 37.2. The van der Waals surface area contributed by atoms with E-state index in [1.807, 2.05) is 54.6 Å². The zero-order chi connectivity index (χ0) is 29.7. The largest absolute Gasteiger partial charge is 0.456 e. The summed E-state index contributed by atoms with van der Waals surface area (Å²) in [7, 11) is 0. The number of nitrogens with zero attached hydrogens (tertiary/aromatic N) is 1. The molecule has 7 aromatic rings. The van der Waals surface area contributed by atoms with Gasteiger partial charge in [-0.3, -0.25) is 4.79 Å². The van der Waals surface area contributed by atoms with Crippen LogP contribution in [0.2, 0.25) is 0 Å². The Morgan fingerprint density at radius 2 is 1.18 bits per heavy atom. The third kappa shape index (κ3) is 3.81. The molecule has 4 nitrogen and oxygen atoms in total. The van der Waals surface area contributed by atoms with E-state index < -0.39 is 0 Å². The van der Waals surface area contributed by atoms with Crippen LogP contribution in [0.25, 0.3) is 43.9 Å². The highest BCUT2D eigenvalue weighted by Crippen LogP contribution is 2.61. The van der Waals surface area contributed by atoms with Crippen LogP contribution >= 0.6 is 0 Å². The zero-order valence-corrected chi connectivity index (χ0v) is 25.0. The van der Waals surface area contributed by atoms with E-state index in [0.717, 1.165) is 51.2 Å². The monoisotopic (exact) mass is 587 g/mol. The second-order valence-electron chi connectivity index (χ2n) is 13.9. The van der Waals surface area contributed by atoms with Crippen LogP contribution in [0.1, 0.15) is 44.1 Å². The van der Waals surface area contributed by atoms with Crippen LogP contribution in [-0.4, -0.2) is 0 Å². The Bertz CT molecular complexity index is 2260. The lowest BCUT2D eigenvalue weighted by atomic mass is 9.48. The molecule has 4 fully saturated rings. The van der Waals surface area contributed by atoms with Crippen molar-refractivity contribution in [2.24, 2.45) is 17.8 Å². The van der Waals surface area contributed by atoms with Gasteiger partial charge in [-0.25, -0.2) is 0 Å². The topological polar surface area (TPSA) is 46.6 Å². The maximum absolute atomic E-state index is 14.0. The molecule has 220 valence electrons. The molecule has 11 rings (SSSR count). The fourth-order valence-electron chi connectivity index (χ4n) is 9.68. The molecule has 0 aliphatic heterocycles. The molecule has 4 heteroatoms. The third-order valence-electron chi connectivity index (χ3n) is 11.2. The van der Waals surface area contributed by atoms with Gasteiger partial charge < -0.3 is 13.7 Å². The van der Waals surface area contributed by atoms with Gasteiger partial charge in [-0.05, 0) is 116 Å². The van der Waals surface area contributed by atoms with E-state index in [2.05, 4.69) is 59.5 Å². The maximum atomic E-state index is 14.0. The second-order valence-corrected chi connectivity index (χ2v) is 13.9. The van der Waals surface area contributed by atoms with Crippen LogP contribution in [0, 0.1) is 17.8 Å². The minimum Gasteiger partial charge on any atom is -0.456 e. The summed E-state index contributed by atoms with van der Waals surface area (Å²) in [5.74, 6) is 2.59. The Morgan fingerprint density at radius 3 is 1.84 bits per heavy atom. The number of rotatable bonds is 4. The van der Waals surface area contributed by atoms with Crippen LogP contribution in [0.3, 0.4) is 0 Å². The van der Waals surface area contributed by atoms with E-state index in [4.69, 9.17) is 8.83 Å². The van der Waals surface area contributed by atoms with Crippen molar-refractivity contribution >= 4 is 60.9 Å². The lowest BCUT2D eigenvalue weighted by Gasteiger charge is -2.57. The molecule has 4 aliphatic carbocycles. The normalized spacial score (nSPS) is 23.9. The molecule has 0 spiro atoms. The summed E-state index contributed by atoms with van der Waals surface area (Å²) >= 11 is 0. The summed E-state index contributed by atoms with van der Waals surface area (Å²) in [5.41, 5.74) is 7.41. The molecule has 2 heterocycles. The van der Waals surface area contributed by atoms with Gasteiger partial charge in [0.1, 0.15) is 16.7 Å². The predicted octanol–water partition coefficient (Wildman–Crippen LogP) is 10.8. The number of hydrogen-bond acceptors (Lipinski definition) is 4. The van der Waals surface area contributed by atoms with Crippen molar-refractivity contribution in [2.45, 2.75) is 43.9 Å². The fraction of sp³-hybridized carbons (Fsp3) is 0.244. The summed E-state index contributed by atoms with van der Waals surface area (Å²) < 4.78 is 13.2. The molecular formula is C41H33NO3. The molecular weight excluding hydrogens is 554 g/mol. The minimum atomic E-state index is 0.0194. The molecule has 0 amide bonds. The van der Waals surface area contributed by atoms with E-state index in [-0.39, 0.29) is 10.8 Å². The van der Waals surface area contributed by atoms with E-state index in [1.54, 1.807) is 0 Å².